The molecule has 0 amide bonds. The zero-order valence-electron chi connectivity index (χ0n) is 8.04. The number of hydrogen-bond donors (Lipinski definition) is 1. The molecule has 0 saturated carbocycles. The number of nitriles is 1. The van der Waals surface area contributed by atoms with Crippen LogP contribution in [-0.4, -0.2) is 22.3 Å². The highest BCUT2D eigenvalue weighted by molar-refractivity contribution is 7.09. The van der Waals surface area contributed by atoms with Crippen molar-refractivity contribution in [1.82, 2.24) is 4.98 Å². The molecule has 0 aliphatic heterocycles. The van der Waals surface area contributed by atoms with Gasteiger partial charge in [0.1, 0.15) is 6.07 Å². The van der Waals surface area contributed by atoms with E-state index in [1.165, 1.54) is 11.3 Å². The summed E-state index contributed by atoms with van der Waals surface area (Å²) in [6.45, 7) is 3.36. The number of nitrogens with zero attached hydrogens (tertiary/aromatic N) is 2. The molecule has 5 heteroatoms. The van der Waals surface area contributed by atoms with Crippen molar-refractivity contribution >= 4 is 11.3 Å². The van der Waals surface area contributed by atoms with E-state index in [9.17, 15) is 5.11 Å². The van der Waals surface area contributed by atoms with E-state index in [1.807, 2.05) is 6.07 Å². The van der Waals surface area contributed by atoms with Gasteiger partial charge < -0.3 is 9.84 Å². The normalized spacial score (nSPS) is 17.0. The van der Waals surface area contributed by atoms with Crippen LogP contribution in [0.4, 0.5) is 0 Å². The van der Waals surface area contributed by atoms with E-state index in [4.69, 9.17) is 10.00 Å². The number of aromatic nitrogens is 1. The molecule has 0 spiro atoms. The lowest BCUT2D eigenvalue weighted by atomic mass is 10.2. The van der Waals surface area contributed by atoms with Crippen LogP contribution >= 0.6 is 11.3 Å². The Bertz CT molecular complexity index is 305. The second-order valence-electron chi connectivity index (χ2n) is 2.99. The van der Waals surface area contributed by atoms with Gasteiger partial charge >= 0.3 is 0 Å². The molecule has 0 bridgehead atoms. The minimum absolute atomic E-state index is 0.359. The molecule has 0 aliphatic rings. The maximum absolute atomic E-state index is 9.22. The monoisotopic (exact) mass is 212 g/mol. The van der Waals surface area contributed by atoms with E-state index in [1.54, 1.807) is 25.6 Å². The zero-order valence-corrected chi connectivity index (χ0v) is 8.86. The molecule has 1 rings (SSSR count). The highest BCUT2D eigenvalue weighted by Crippen LogP contribution is 2.22. The van der Waals surface area contributed by atoms with Gasteiger partial charge in [0, 0.05) is 6.20 Å². The molecule has 1 aromatic heterocycles. The highest BCUT2D eigenvalue weighted by atomic mass is 32.1. The topological polar surface area (TPSA) is 66.1 Å². The molecule has 0 radical (unpaired) electrons. The number of hydrogen-bond acceptors (Lipinski definition) is 5. The maximum atomic E-state index is 9.22. The molecule has 0 aliphatic carbocycles. The van der Waals surface area contributed by atoms with Crippen molar-refractivity contribution in [2.24, 2.45) is 0 Å². The van der Waals surface area contributed by atoms with Gasteiger partial charge in [-0.25, -0.2) is 0 Å². The van der Waals surface area contributed by atoms with E-state index >= 15 is 0 Å². The van der Waals surface area contributed by atoms with Crippen LogP contribution in [0.3, 0.4) is 0 Å². The summed E-state index contributed by atoms with van der Waals surface area (Å²) in [7, 11) is 0. The van der Waals surface area contributed by atoms with Crippen LogP contribution in [0.15, 0.2) is 11.7 Å². The van der Waals surface area contributed by atoms with E-state index in [2.05, 4.69) is 4.98 Å². The van der Waals surface area contributed by atoms with E-state index in [0.717, 1.165) is 4.88 Å². The van der Waals surface area contributed by atoms with Crippen LogP contribution in [0.5, 0.6) is 0 Å². The summed E-state index contributed by atoms with van der Waals surface area (Å²) in [5.41, 5.74) is 1.65. The third-order valence-electron chi connectivity index (χ3n) is 1.86. The summed E-state index contributed by atoms with van der Waals surface area (Å²) in [6.07, 6.45) is 0.0282. The standard InChI is InChI=1S/C9H12N2O2S/c1-6(12)7(2)13-8(3-10)9-4-11-5-14-9/h4-8,12H,1-2H3. The van der Waals surface area contributed by atoms with Gasteiger partial charge in [-0.3, -0.25) is 4.98 Å². The number of thiazole rings is 1. The Balaban J connectivity index is 2.62. The maximum Gasteiger partial charge on any atom is 0.180 e. The minimum Gasteiger partial charge on any atom is -0.391 e. The van der Waals surface area contributed by atoms with Gasteiger partial charge in [-0.15, -0.1) is 11.3 Å². The number of aliphatic hydroxyl groups excluding tert-OH is 1. The molecule has 1 heterocycles. The highest BCUT2D eigenvalue weighted by Gasteiger charge is 2.18. The Morgan fingerprint density at radius 2 is 2.36 bits per heavy atom. The van der Waals surface area contributed by atoms with Crippen molar-refractivity contribution < 1.29 is 9.84 Å². The Labute approximate surface area is 86.8 Å². The average molecular weight is 212 g/mol. The Hall–Kier alpha value is -0.960. The number of rotatable bonds is 4. The molecule has 14 heavy (non-hydrogen) atoms. The molecule has 4 nitrogen and oxygen atoms in total. The van der Waals surface area contributed by atoms with E-state index in [0.29, 0.717) is 0 Å². The first-order valence-corrected chi connectivity index (χ1v) is 5.14. The molecule has 0 aromatic carbocycles. The first kappa shape index (κ1) is 11.1. The Kier molecular flexibility index (Phi) is 4.01. The lowest BCUT2D eigenvalue weighted by Crippen LogP contribution is -2.24. The third-order valence-corrected chi connectivity index (χ3v) is 2.68. The van der Waals surface area contributed by atoms with Crippen molar-refractivity contribution in [3.05, 3.63) is 16.6 Å². The van der Waals surface area contributed by atoms with Crippen molar-refractivity contribution in [3.8, 4) is 6.07 Å². The molecular formula is C9H12N2O2S. The summed E-state index contributed by atoms with van der Waals surface area (Å²) in [4.78, 5) is 4.63. The molecule has 3 unspecified atom stereocenters. The van der Waals surface area contributed by atoms with Gasteiger partial charge in [-0.1, -0.05) is 0 Å². The van der Waals surface area contributed by atoms with Crippen LogP contribution in [0.25, 0.3) is 0 Å². The predicted octanol–water partition coefficient (Wildman–Crippen LogP) is 1.49. The zero-order chi connectivity index (χ0) is 10.6. The summed E-state index contributed by atoms with van der Waals surface area (Å²) in [5, 5.41) is 18.1. The van der Waals surface area contributed by atoms with Crippen molar-refractivity contribution in [2.75, 3.05) is 0 Å². The second kappa shape index (κ2) is 5.05. The van der Waals surface area contributed by atoms with E-state index in [-0.39, 0.29) is 6.10 Å². The smallest absolute Gasteiger partial charge is 0.180 e. The largest absolute Gasteiger partial charge is 0.391 e. The van der Waals surface area contributed by atoms with Gasteiger partial charge in [0.05, 0.1) is 22.6 Å². The SMILES string of the molecule is CC(O)C(C)OC(C#N)c1cncs1. The fraction of sp³-hybridized carbons (Fsp3) is 0.556. The minimum atomic E-state index is -0.632. The predicted molar refractivity (Wildman–Crippen MR) is 52.7 cm³/mol. The average Bonchev–Trinajstić information content (AvgIpc) is 2.66. The van der Waals surface area contributed by atoms with Crippen LogP contribution in [0.2, 0.25) is 0 Å². The van der Waals surface area contributed by atoms with E-state index < -0.39 is 12.2 Å². The van der Waals surface area contributed by atoms with Gasteiger partial charge in [0.25, 0.3) is 0 Å². The first-order chi connectivity index (χ1) is 6.65. The molecule has 1 aromatic rings. The molecule has 3 atom stereocenters. The second-order valence-corrected chi connectivity index (χ2v) is 3.91. The quantitative estimate of drug-likeness (QED) is 0.821. The lowest BCUT2D eigenvalue weighted by molar-refractivity contribution is -0.0415. The fourth-order valence-corrected chi connectivity index (χ4v) is 1.44. The summed E-state index contributed by atoms with van der Waals surface area (Å²) < 4.78 is 5.36. The van der Waals surface area contributed by atoms with Gasteiger partial charge in [-0.2, -0.15) is 5.26 Å². The first-order valence-electron chi connectivity index (χ1n) is 4.26. The summed E-state index contributed by atoms with van der Waals surface area (Å²) in [6, 6.07) is 2.03. The van der Waals surface area contributed by atoms with Crippen LogP contribution in [0.1, 0.15) is 24.8 Å². The fourth-order valence-electron chi connectivity index (χ4n) is 0.845. The summed E-state index contributed by atoms with van der Waals surface area (Å²) in [5.74, 6) is 0. The van der Waals surface area contributed by atoms with Crippen molar-refractivity contribution in [3.63, 3.8) is 0 Å². The van der Waals surface area contributed by atoms with Crippen LogP contribution in [0, 0.1) is 11.3 Å². The summed E-state index contributed by atoms with van der Waals surface area (Å²) >= 11 is 1.37. The van der Waals surface area contributed by atoms with Crippen molar-refractivity contribution in [2.45, 2.75) is 32.2 Å². The van der Waals surface area contributed by atoms with Crippen molar-refractivity contribution in [1.29, 1.82) is 5.26 Å². The number of aliphatic hydroxyl groups is 1. The third kappa shape index (κ3) is 2.77. The molecule has 76 valence electrons. The van der Waals surface area contributed by atoms with Gasteiger partial charge in [0.2, 0.25) is 0 Å². The van der Waals surface area contributed by atoms with Gasteiger partial charge in [-0.05, 0) is 13.8 Å². The molecule has 0 saturated heterocycles. The lowest BCUT2D eigenvalue weighted by Gasteiger charge is -2.18. The van der Waals surface area contributed by atoms with Crippen LogP contribution in [-0.2, 0) is 4.74 Å². The Morgan fingerprint density at radius 1 is 1.64 bits per heavy atom. The molecular weight excluding hydrogens is 200 g/mol. The Morgan fingerprint density at radius 3 is 2.79 bits per heavy atom. The van der Waals surface area contributed by atoms with Gasteiger partial charge in [0.15, 0.2) is 6.10 Å². The number of ether oxygens (including phenoxy) is 1. The molecule has 0 fully saturated rings. The van der Waals surface area contributed by atoms with Crippen LogP contribution < -0.4 is 0 Å². The molecule has 1 N–H and O–H groups in total.